The molecule has 6 nitrogen and oxygen atoms in total. The number of hydrogen-bond donors (Lipinski definition) is 3. The van der Waals surface area contributed by atoms with Gasteiger partial charge in [-0.2, -0.15) is 0 Å². The third-order valence-corrected chi connectivity index (χ3v) is 6.33. The van der Waals surface area contributed by atoms with E-state index < -0.39 is 24.0 Å². The molecule has 1 aromatic carbocycles. The topological polar surface area (TPSA) is 89.9 Å². The molecule has 2 heterocycles. The van der Waals surface area contributed by atoms with E-state index >= 15 is 0 Å². The Balaban J connectivity index is 0.00000155. The molecule has 0 radical (unpaired) electrons. The number of hydrogen-bond acceptors (Lipinski definition) is 5. The van der Waals surface area contributed by atoms with E-state index in [1.165, 1.54) is 0 Å². The maximum atomic E-state index is 12.7. The van der Waals surface area contributed by atoms with E-state index in [0.29, 0.717) is 19.5 Å². The molecule has 0 aliphatic carbocycles. The van der Waals surface area contributed by atoms with E-state index in [1.54, 1.807) is 16.2 Å². The standard InChI is InChI=1S/C20H23BrN2O4S.C2H6/c21-14-7-5-13(6-8-14)16-4-1-11-23(16)20(27)18(25)17(24)19(26)22-10-9-15-3-2-12-28-15;1-2/h2-3,5-8,12,16-18,24-25H,1,4,9-11H2,(H,22,26);1-2H3. The molecule has 1 fully saturated rings. The van der Waals surface area contributed by atoms with Crippen molar-refractivity contribution in [2.75, 3.05) is 13.1 Å². The van der Waals surface area contributed by atoms with Crippen LogP contribution in [0.25, 0.3) is 0 Å². The van der Waals surface area contributed by atoms with Crippen LogP contribution in [0.4, 0.5) is 0 Å². The smallest absolute Gasteiger partial charge is 0.255 e. The molecule has 1 aliphatic rings. The summed E-state index contributed by atoms with van der Waals surface area (Å²) >= 11 is 4.98. The van der Waals surface area contributed by atoms with Gasteiger partial charge in [-0.25, -0.2) is 0 Å². The van der Waals surface area contributed by atoms with E-state index in [4.69, 9.17) is 0 Å². The first-order chi connectivity index (χ1) is 14.5. The van der Waals surface area contributed by atoms with Crippen molar-refractivity contribution in [3.63, 3.8) is 0 Å². The summed E-state index contributed by atoms with van der Waals surface area (Å²) in [4.78, 5) is 27.5. The van der Waals surface area contributed by atoms with Crippen LogP contribution in [0.1, 0.15) is 43.2 Å². The van der Waals surface area contributed by atoms with Gasteiger partial charge in [0.05, 0.1) is 6.04 Å². The third kappa shape index (κ3) is 6.38. The van der Waals surface area contributed by atoms with Crippen molar-refractivity contribution in [1.29, 1.82) is 0 Å². The summed E-state index contributed by atoms with van der Waals surface area (Å²) in [5.41, 5.74) is 0.969. The minimum Gasteiger partial charge on any atom is -0.380 e. The number of rotatable bonds is 7. The second-order valence-corrected chi connectivity index (χ2v) is 8.70. The molecular formula is C22H29BrN2O4S. The number of aliphatic hydroxyl groups is 2. The zero-order chi connectivity index (χ0) is 22.1. The fourth-order valence-corrected chi connectivity index (χ4v) is 4.35. The zero-order valence-corrected chi connectivity index (χ0v) is 19.7. The molecule has 1 saturated heterocycles. The van der Waals surface area contributed by atoms with Gasteiger partial charge in [0, 0.05) is 22.4 Å². The fourth-order valence-electron chi connectivity index (χ4n) is 3.38. The van der Waals surface area contributed by atoms with Gasteiger partial charge in [0.25, 0.3) is 11.8 Å². The van der Waals surface area contributed by atoms with Gasteiger partial charge in [-0.3, -0.25) is 9.59 Å². The number of nitrogens with one attached hydrogen (secondary N) is 1. The van der Waals surface area contributed by atoms with E-state index in [0.717, 1.165) is 27.8 Å². The zero-order valence-electron chi connectivity index (χ0n) is 17.3. The lowest BCUT2D eigenvalue weighted by Gasteiger charge is -2.28. The van der Waals surface area contributed by atoms with E-state index in [2.05, 4.69) is 21.2 Å². The third-order valence-electron chi connectivity index (χ3n) is 4.86. The summed E-state index contributed by atoms with van der Waals surface area (Å²) < 4.78 is 0.946. The highest BCUT2D eigenvalue weighted by Crippen LogP contribution is 2.33. The van der Waals surface area contributed by atoms with Gasteiger partial charge in [0.2, 0.25) is 0 Å². The highest BCUT2D eigenvalue weighted by molar-refractivity contribution is 9.10. The maximum absolute atomic E-state index is 12.7. The van der Waals surface area contributed by atoms with Crippen LogP contribution in [0.3, 0.4) is 0 Å². The molecule has 8 heteroatoms. The maximum Gasteiger partial charge on any atom is 0.255 e. The molecule has 0 saturated carbocycles. The molecule has 30 heavy (non-hydrogen) atoms. The van der Waals surface area contributed by atoms with Crippen LogP contribution in [0, 0.1) is 0 Å². The Morgan fingerprint density at radius 3 is 2.53 bits per heavy atom. The van der Waals surface area contributed by atoms with Gasteiger partial charge in [0.15, 0.2) is 12.2 Å². The first kappa shape index (κ1) is 24.5. The van der Waals surface area contributed by atoms with Crippen molar-refractivity contribution < 1.29 is 19.8 Å². The van der Waals surface area contributed by atoms with Crippen molar-refractivity contribution in [2.24, 2.45) is 0 Å². The van der Waals surface area contributed by atoms with Crippen molar-refractivity contribution in [3.8, 4) is 0 Å². The lowest BCUT2D eigenvalue weighted by atomic mass is 10.0. The molecule has 164 valence electrons. The van der Waals surface area contributed by atoms with Crippen LogP contribution in [-0.4, -0.2) is 52.2 Å². The average Bonchev–Trinajstić information content (AvgIpc) is 3.46. The summed E-state index contributed by atoms with van der Waals surface area (Å²) in [5, 5.41) is 25.0. The lowest BCUT2D eigenvalue weighted by Crippen LogP contribution is -2.50. The number of benzene rings is 1. The van der Waals surface area contributed by atoms with Gasteiger partial charge >= 0.3 is 0 Å². The molecule has 2 amide bonds. The van der Waals surface area contributed by atoms with Gasteiger partial charge in [-0.15, -0.1) is 11.3 Å². The fraction of sp³-hybridized carbons (Fsp3) is 0.455. The quantitative estimate of drug-likeness (QED) is 0.548. The number of carbonyl (C=O) groups excluding carboxylic acids is 2. The van der Waals surface area contributed by atoms with E-state index in [9.17, 15) is 19.8 Å². The molecule has 3 unspecified atom stereocenters. The van der Waals surface area contributed by atoms with Gasteiger partial charge < -0.3 is 20.4 Å². The van der Waals surface area contributed by atoms with Crippen LogP contribution in [0.5, 0.6) is 0 Å². The average molecular weight is 497 g/mol. The van der Waals surface area contributed by atoms with E-state index in [-0.39, 0.29) is 6.04 Å². The molecule has 1 aromatic heterocycles. The van der Waals surface area contributed by atoms with Crippen LogP contribution in [0.2, 0.25) is 0 Å². The second kappa shape index (κ2) is 12.2. The Morgan fingerprint density at radius 2 is 1.90 bits per heavy atom. The molecule has 3 N–H and O–H groups in total. The predicted molar refractivity (Wildman–Crippen MR) is 122 cm³/mol. The summed E-state index contributed by atoms with van der Waals surface area (Å²) in [6.45, 7) is 4.83. The highest BCUT2D eigenvalue weighted by atomic mass is 79.9. The monoisotopic (exact) mass is 496 g/mol. The Kier molecular flexibility index (Phi) is 9.97. The SMILES string of the molecule is CC.O=C(NCCc1cccs1)C(O)C(O)C(=O)N1CCCC1c1ccc(Br)cc1. The minimum absolute atomic E-state index is 0.163. The predicted octanol–water partition coefficient (Wildman–Crippen LogP) is 3.28. The van der Waals surface area contributed by atoms with Crippen molar-refractivity contribution in [3.05, 3.63) is 56.7 Å². The van der Waals surface area contributed by atoms with Gasteiger partial charge in [-0.05, 0) is 48.4 Å². The van der Waals surface area contributed by atoms with Crippen molar-refractivity contribution in [2.45, 2.75) is 51.4 Å². The van der Waals surface area contributed by atoms with Crippen LogP contribution < -0.4 is 5.32 Å². The van der Waals surface area contributed by atoms with Crippen molar-refractivity contribution in [1.82, 2.24) is 10.2 Å². The first-order valence-corrected chi connectivity index (χ1v) is 11.9. The molecule has 1 aliphatic heterocycles. The Morgan fingerprint density at radius 1 is 1.20 bits per heavy atom. The first-order valence-electron chi connectivity index (χ1n) is 10.2. The Hall–Kier alpha value is -1.74. The summed E-state index contributed by atoms with van der Waals surface area (Å²) in [5.74, 6) is -1.36. The number of amides is 2. The number of likely N-dealkylation sites (tertiary alicyclic amines) is 1. The van der Waals surface area contributed by atoms with Crippen molar-refractivity contribution >= 4 is 39.1 Å². The van der Waals surface area contributed by atoms with E-state index in [1.807, 2.05) is 55.6 Å². The number of carbonyl (C=O) groups is 2. The Bertz CT molecular complexity index is 798. The lowest BCUT2D eigenvalue weighted by molar-refractivity contribution is -0.153. The largest absolute Gasteiger partial charge is 0.380 e. The molecule has 0 bridgehead atoms. The van der Waals surface area contributed by atoms with Gasteiger partial charge in [-0.1, -0.05) is 48.0 Å². The summed E-state index contributed by atoms with van der Waals surface area (Å²) in [6.07, 6.45) is -1.34. The Labute approximate surface area is 190 Å². The second-order valence-electron chi connectivity index (χ2n) is 6.75. The van der Waals surface area contributed by atoms with Crippen LogP contribution in [-0.2, 0) is 16.0 Å². The molecule has 3 rings (SSSR count). The normalized spacial score (nSPS) is 17.6. The highest BCUT2D eigenvalue weighted by Gasteiger charge is 2.38. The van der Waals surface area contributed by atoms with Gasteiger partial charge in [0.1, 0.15) is 0 Å². The van der Waals surface area contributed by atoms with Crippen LogP contribution in [0.15, 0.2) is 46.3 Å². The minimum atomic E-state index is -1.79. The molecule has 0 spiro atoms. The summed E-state index contributed by atoms with van der Waals surface area (Å²) in [6, 6.07) is 11.4. The molecule has 2 aromatic rings. The summed E-state index contributed by atoms with van der Waals surface area (Å²) in [7, 11) is 0. The molecular weight excluding hydrogens is 468 g/mol. The number of halogens is 1. The van der Waals surface area contributed by atoms with Crippen LogP contribution >= 0.6 is 27.3 Å². The number of aliphatic hydroxyl groups excluding tert-OH is 2. The number of thiophene rings is 1. The number of nitrogens with zero attached hydrogens (tertiary/aromatic N) is 1. The molecule has 3 atom stereocenters.